The van der Waals surface area contributed by atoms with Crippen LogP contribution in [0.5, 0.6) is 0 Å². The number of alkyl halides is 4. The summed E-state index contributed by atoms with van der Waals surface area (Å²) < 4.78 is 35.3. The second-order valence-electron chi connectivity index (χ2n) is 2.24. The summed E-state index contributed by atoms with van der Waals surface area (Å²) in [5.41, 5.74) is 0. The zero-order valence-corrected chi connectivity index (χ0v) is 8.07. The molecule has 0 fully saturated rings. The Morgan fingerprint density at radius 1 is 1.50 bits per heavy atom. The van der Waals surface area contributed by atoms with Crippen LogP contribution in [-0.2, 0) is 4.79 Å². The molecule has 0 aliphatic rings. The summed E-state index contributed by atoms with van der Waals surface area (Å²) in [4.78, 5) is 11.4. The Hall–Kier alpha value is -0.260. The van der Waals surface area contributed by atoms with Crippen molar-refractivity contribution in [2.45, 2.75) is 13.1 Å². The van der Waals surface area contributed by atoms with E-state index in [1.807, 2.05) is 0 Å². The van der Waals surface area contributed by atoms with Gasteiger partial charge in [0.05, 0.1) is 0 Å². The van der Waals surface area contributed by atoms with Gasteiger partial charge in [0, 0.05) is 18.8 Å². The van der Waals surface area contributed by atoms with E-state index >= 15 is 0 Å². The van der Waals surface area contributed by atoms with Crippen molar-refractivity contribution in [3.05, 3.63) is 0 Å². The average molecular weight is 248 g/mol. The molecule has 0 saturated heterocycles. The standard InChI is InChI=1S/C6H9BrF3NO/c1-5(12)11(3-2-7)4-6(8,9)10/h2-4H2,1H3. The van der Waals surface area contributed by atoms with Crippen molar-refractivity contribution < 1.29 is 18.0 Å². The third-order valence-electron chi connectivity index (χ3n) is 1.17. The van der Waals surface area contributed by atoms with Gasteiger partial charge in [-0.1, -0.05) is 15.9 Å². The van der Waals surface area contributed by atoms with Gasteiger partial charge in [-0.3, -0.25) is 4.79 Å². The van der Waals surface area contributed by atoms with E-state index in [4.69, 9.17) is 0 Å². The second-order valence-corrected chi connectivity index (χ2v) is 3.04. The van der Waals surface area contributed by atoms with E-state index in [-0.39, 0.29) is 6.54 Å². The first-order valence-electron chi connectivity index (χ1n) is 3.25. The molecule has 0 atom stereocenters. The molecule has 0 spiro atoms. The van der Waals surface area contributed by atoms with Gasteiger partial charge in [-0.05, 0) is 0 Å². The molecule has 2 nitrogen and oxygen atoms in total. The Kier molecular flexibility index (Phi) is 4.59. The largest absolute Gasteiger partial charge is 0.406 e. The summed E-state index contributed by atoms with van der Waals surface area (Å²) in [6.45, 7) is 0.0250. The maximum Gasteiger partial charge on any atom is 0.406 e. The summed E-state index contributed by atoms with van der Waals surface area (Å²) in [5, 5.41) is 0.350. The minimum absolute atomic E-state index is 0.0782. The maximum absolute atomic E-state index is 11.8. The summed E-state index contributed by atoms with van der Waals surface area (Å²) in [6, 6.07) is 0. The zero-order valence-electron chi connectivity index (χ0n) is 6.49. The average Bonchev–Trinajstić information content (AvgIpc) is 1.83. The van der Waals surface area contributed by atoms with Crippen LogP contribution in [0.4, 0.5) is 13.2 Å². The molecule has 0 radical (unpaired) electrons. The fraction of sp³-hybridized carbons (Fsp3) is 0.833. The fourth-order valence-electron chi connectivity index (χ4n) is 0.666. The van der Waals surface area contributed by atoms with Crippen LogP contribution in [-0.4, -0.2) is 35.4 Å². The minimum Gasteiger partial charge on any atom is -0.333 e. The number of nitrogens with zero attached hydrogens (tertiary/aromatic N) is 1. The lowest BCUT2D eigenvalue weighted by molar-refractivity contribution is -0.159. The molecule has 0 bridgehead atoms. The molecule has 1 amide bonds. The molecule has 12 heavy (non-hydrogen) atoms. The SMILES string of the molecule is CC(=O)N(CCBr)CC(F)(F)F. The Balaban J connectivity index is 4.05. The van der Waals surface area contributed by atoms with Gasteiger partial charge in [-0.15, -0.1) is 0 Å². The van der Waals surface area contributed by atoms with Crippen LogP contribution in [0.1, 0.15) is 6.92 Å². The van der Waals surface area contributed by atoms with Crippen molar-refractivity contribution in [1.29, 1.82) is 0 Å². The normalized spacial score (nSPS) is 11.4. The molecule has 0 saturated carbocycles. The lowest BCUT2D eigenvalue weighted by Crippen LogP contribution is -2.38. The Morgan fingerprint density at radius 2 is 2.00 bits per heavy atom. The highest BCUT2D eigenvalue weighted by Crippen LogP contribution is 2.16. The van der Waals surface area contributed by atoms with E-state index in [0.29, 0.717) is 5.33 Å². The van der Waals surface area contributed by atoms with Gasteiger partial charge in [0.25, 0.3) is 0 Å². The molecule has 0 aromatic carbocycles. The van der Waals surface area contributed by atoms with E-state index in [0.717, 1.165) is 11.8 Å². The van der Waals surface area contributed by atoms with Gasteiger partial charge in [0.2, 0.25) is 5.91 Å². The van der Waals surface area contributed by atoms with Crippen molar-refractivity contribution >= 4 is 21.8 Å². The monoisotopic (exact) mass is 247 g/mol. The smallest absolute Gasteiger partial charge is 0.333 e. The molecule has 0 aliphatic carbocycles. The molecule has 72 valence electrons. The van der Waals surface area contributed by atoms with E-state index < -0.39 is 18.6 Å². The first kappa shape index (κ1) is 11.7. The van der Waals surface area contributed by atoms with Gasteiger partial charge in [0.1, 0.15) is 6.54 Å². The van der Waals surface area contributed by atoms with Gasteiger partial charge < -0.3 is 4.90 Å². The van der Waals surface area contributed by atoms with Crippen LogP contribution in [0.2, 0.25) is 0 Å². The number of hydrogen-bond donors (Lipinski definition) is 0. The third kappa shape index (κ3) is 5.40. The lowest BCUT2D eigenvalue weighted by Gasteiger charge is -2.21. The van der Waals surface area contributed by atoms with Crippen molar-refractivity contribution in [3.8, 4) is 0 Å². The predicted octanol–water partition coefficient (Wildman–Crippen LogP) is 1.79. The molecular formula is C6H9BrF3NO. The second kappa shape index (κ2) is 4.69. The van der Waals surface area contributed by atoms with Crippen LogP contribution in [0.3, 0.4) is 0 Å². The van der Waals surface area contributed by atoms with Crippen molar-refractivity contribution in [3.63, 3.8) is 0 Å². The van der Waals surface area contributed by atoms with E-state index in [9.17, 15) is 18.0 Å². The maximum atomic E-state index is 11.8. The topological polar surface area (TPSA) is 20.3 Å². The van der Waals surface area contributed by atoms with Crippen molar-refractivity contribution in [2.24, 2.45) is 0 Å². The number of carbonyl (C=O) groups is 1. The number of halogens is 4. The van der Waals surface area contributed by atoms with E-state index in [2.05, 4.69) is 15.9 Å². The Labute approximate surface area is 76.8 Å². The number of carbonyl (C=O) groups excluding carboxylic acids is 1. The minimum atomic E-state index is -4.31. The molecule has 0 rings (SSSR count). The van der Waals surface area contributed by atoms with Gasteiger partial charge in [-0.2, -0.15) is 13.2 Å². The quantitative estimate of drug-likeness (QED) is 0.697. The first-order chi connectivity index (χ1) is 5.37. The molecule has 0 aliphatic heterocycles. The van der Waals surface area contributed by atoms with Crippen LogP contribution >= 0.6 is 15.9 Å². The van der Waals surface area contributed by atoms with Crippen molar-refractivity contribution in [2.75, 3.05) is 18.4 Å². The van der Waals surface area contributed by atoms with Gasteiger partial charge >= 0.3 is 6.18 Å². The predicted molar refractivity (Wildman–Crippen MR) is 42.1 cm³/mol. The first-order valence-corrected chi connectivity index (χ1v) is 4.37. The Morgan fingerprint density at radius 3 is 2.25 bits per heavy atom. The molecule has 0 N–H and O–H groups in total. The zero-order chi connectivity index (χ0) is 9.78. The summed E-state index contributed by atoms with van der Waals surface area (Å²) in [5.74, 6) is -0.563. The van der Waals surface area contributed by atoms with Crippen LogP contribution in [0.15, 0.2) is 0 Å². The van der Waals surface area contributed by atoms with Crippen LogP contribution < -0.4 is 0 Å². The molecule has 0 aromatic heterocycles. The third-order valence-corrected chi connectivity index (χ3v) is 1.52. The fourth-order valence-corrected chi connectivity index (χ4v) is 1.09. The van der Waals surface area contributed by atoms with Crippen LogP contribution in [0.25, 0.3) is 0 Å². The van der Waals surface area contributed by atoms with Crippen LogP contribution in [0, 0.1) is 0 Å². The lowest BCUT2D eigenvalue weighted by atomic mass is 10.4. The van der Waals surface area contributed by atoms with Gasteiger partial charge in [-0.25, -0.2) is 0 Å². The van der Waals surface area contributed by atoms with E-state index in [1.54, 1.807) is 0 Å². The number of amides is 1. The molecule has 6 heteroatoms. The van der Waals surface area contributed by atoms with Gasteiger partial charge in [0.15, 0.2) is 0 Å². The molecular weight excluding hydrogens is 239 g/mol. The number of hydrogen-bond acceptors (Lipinski definition) is 1. The highest BCUT2D eigenvalue weighted by Gasteiger charge is 2.31. The summed E-state index contributed by atoms with van der Waals surface area (Å²) in [7, 11) is 0. The molecule has 0 unspecified atom stereocenters. The molecule has 0 aromatic rings. The Bertz CT molecular complexity index is 159. The molecule has 0 heterocycles. The highest BCUT2D eigenvalue weighted by atomic mass is 79.9. The number of rotatable bonds is 3. The van der Waals surface area contributed by atoms with E-state index in [1.165, 1.54) is 0 Å². The van der Waals surface area contributed by atoms with Crippen molar-refractivity contribution in [1.82, 2.24) is 4.90 Å². The highest BCUT2D eigenvalue weighted by molar-refractivity contribution is 9.09. The summed E-state index contributed by atoms with van der Waals surface area (Å²) in [6.07, 6.45) is -4.31. The summed E-state index contributed by atoms with van der Waals surface area (Å²) >= 11 is 2.96.